The third-order valence-corrected chi connectivity index (χ3v) is 11.3. The molecule has 0 aliphatic carbocycles. The molecule has 13 heteroatoms. The molecule has 47 heavy (non-hydrogen) atoms. The lowest BCUT2D eigenvalue weighted by Crippen LogP contribution is -2.64. The molecule has 4 aliphatic rings. The van der Waals surface area contributed by atoms with Crippen LogP contribution in [0.15, 0.2) is 41.2 Å². The predicted molar refractivity (Wildman–Crippen MR) is 180 cm³/mol. The summed E-state index contributed by atoms with van der Waals surface area (Å²) in [5.41, 5.74) is 1.81. The first-order valence-electron chi connectivity index (χ1n) is 16.8. The Bertz CT molecular complexity index is 1580. The Morgan fingerprint density at radius 2 is 1.91 bits per heavy atom. The highest BCUT2D eigenvalue weighted by atomic mass is 32.2. The van der Waals surface area contributed by atoms with Gasteiger partial charge in [0.15, 0.2) is 0 Å². The van der Waals surface area contributed by atoms with Crippen LogP contribution in [-0.2, 0) is 10.5 Å². The molecule has 4 aliphatic heterocycles. The number of piperidine rings is 2. The molecule has 3 N–H and O–H groups in total. The number of ether oxygens (including phenoxy) is 2. The van der Waals surface area contributed by atoms with Gasteiger partial charge in [0.05, 0.1) is 30.3 Å². The topological polar surface area (TPSA) is 94.8 Å². The second-order valence-electron chi connectivity index (χ2n) is 13.3. The molecular formula is C34H43F3N6O3S. The number of alkyl halides is 2. The van der Waals surface area contributed by atoms with E-state index in [1.165, 1.54) is 12.5 Å². The third-order valence-electron chi connectivity index (χ3n) is 9.91. The lowest BCUT2D eigenvalue weighted by molar-refractivity contribution is -0.130. The molecule has 5 heterocycles. The minimum absolute atomic E-state index is 0.0754. The van der Waals surface area contributed by atoms with Crippen LogP contribution in [0, 0.1) is 11.7 Å². The van der Waals surface area contributed by atoms with Crippen LogP contribution in [0.2, 0.25) is 0 Å². The molecule has 2 atom stereocenters. The van der Waals surface area contributed by atoms with Crippen LogP contribution in [0.5, 0.6) is 5.75 Å². The predicted octanol–water partition coefficient (Wildman–Crippen LogP) is 4.86. The van der Waals surface area contributed by atoms with Gasteiger partial charge < -0.3 is 30.0 Å². The summed E-state index contributed by atoms with van der Waals surface area (Å²) in [6.07, 6.45) is 4.49. The highest BCUT2D eigenvalue weighted by molar-refractivity contribution is 7.99. The normalized spacial score (nSPS) is 24.3. The Morgan fingerprint density at radius 1 is 1.11 bits per heavy atom. The average Bonchev–Trinajstić information content (AvgIpc) is 3.04. The number of thioether (sulfide) groups is 1. The zero-order valence-corrected chi connectivity index (χ0v) is 27.3. The van der Waals surface area contributed by atoms with E-state index in [9.17, 15) is 9.18 Å². The minimum atomic E-state index is -2.95. The zero-order chi connectivity index (χ0) is 32.4. The number of nitrogens with one attached hydrogen (secondary N) is 3. The van der Waals surface area contributed by atoms with Crippen molar-refractivity contribution < 1.29 is 22.6 Å². The quantitative estimate of drug-likeness (QED) is 0.279. The van der Waals surface area contributed by atoms with Gasteiger partial charge in [0.1, 0.15) is 22.8 Å². The van der Waals surface area contributed by atoms with Crippen LogP contribution in [0.1, 0.15) is 37.9 Å². The summed E-state index contributed by atoms with van der Waals surface area (Å²) in [4.78, 5) is 23.9. The lowest BCUT2D eigenvalue weighted by Gasteiger charge is -2.50. The Kier molecular flexibility index (Phi) is 9.86. The zero-order valence-electron chi connectivity index (χ0n) is 26.5. The Morgan fingerprint density at radius 3 is 2.66 bits per heavy atom. The number of aromatic nitrogens is 2. The standard InChI is InChI=1S/C34H43F3N6O3S/c35-29-14-27(15-30-32(29)33(44)41-31(40-30)20-47-28-8-12-45-13-9-28)46-19-22-7-11-42(21-34(22,36)37)26-17-43(18-26)25-5-3-23(4-6-25)39-24-2-1-10-38-16-24/h3-6,14-15,22,24,26,28,38-39H,1-2,7-13,16-21H2,(H,40,41,44). The molecule has 1 aromatic heterocycles. The fraction of sp³-hybridized carbons (Fsp3) is 0.588. The fourth-order valence-corrected chi connectivity index (χ4v) is 8.10. The van der Waals surface area contributed by atoms with Gasteiger partial charge in [0.25, 0.3) is 11.5 Å². The summed E-state index contributed by atoms with van der Waals surface area (Å²) < 4.78 is 56.9. The number of anilines is 2. The number of aromatic amines is 1. The van der Waals surface area contributed by atoms with Crippen LogP contribution < -0.4 is 25.8 Å². The van der Waals surface area contributed by atoms with E-state index in [2.05, 4.69) is 49.8 Å². The van der Waals surface area contributed by atoms with Crippen LogP contribution in [0.3, 0.4) is 0 Å². The summed E-state index contributed by atoms with van der Waals surface area (Å²) in [5, 5.41) is 7.26. The summed E-state index contributed by atoms with van der Waals surface area (Å²) in [5.74, 6) is -3.69. The number of benzene rings is 2. The van der Waals surface area contributed by atoms with Gasteiger partial charge >= 0.3 is 0 Å². The van der Waals surface area contributed by atoms with Gasteiger partial charge in [0, 0.05) is 73.7 Å². The maximum absolute atomic E-state index is 15.4. The van der Waals surface area contributed by atoms with Crippen molar-refractivity contribution in [3.63, 3.8) is 0 Å². The van der Waals surface area contributed by atoms with E-state index in [4.69, 9.17) is 9.47 Å². The fourth-order valence-electron chi connectivity index (χ4n) is 7.04. The van der Waals surface area contributed by atoms with Gasteiger partial charge in [-0.15, -0.1) is 0 Å². The Hall–Kier alpha value is -3.00. The summed E-state index contributed by atoms with van der Waals surface area (Å²) in [6, 6.07) is 11.5. The molecule has 4 saturated heterocycles. The van der Waals surface area contributed by atoms with Crippen molar-refractivity contribution in [1.82, 2.24) is 20.2 Å². The molecule has 9 nitrogen and oxygen atoms in total. The highest BCUT2D eigenvalue weighted by Gasteiger charge is 2.48. The molecule has 254 valence electrons. The maximum atomic E-state index is 15.4. The molecule has 7 rings (SSSR count). The highest BCUT2D eigenvalue weighted by Crippen LogP contribution is 2.37. The van der Waals surface area contributed by atoms with Gasteiger partial charge in [-0.2, -0.15) is 11.8 Å². The van der Waals surface area contributed by atoms with Gasteiger partial charge in [-0.1, -0.05) is 0 Å². The van der Waals surface area contributed by atoms with E-state index in [1.807, 2.05) is 4.90 Å². The van der Waals surface area contributed by atoms with Gasteiger partial charge in [-0.25, -0.2) is 18.2 Å². The first-order valence-corrected chi connectivity index (χ1v) is 17.8. The first kappa shape index (κ1) is 32.5. The second kappa shape index (κ2) is 14.2. The van der Waals surface area contributed by atoms with Crippen molar-refractivity contribution >= 4 is 34.0 Å². The van der Waals surface area contributed by atoms with E-state index in [-0.39, 0.29) is 42.3 Å². The molecule has 2 aromatic carbocycles. The maximum Gasteiger partial charge on any atom is 0.266 e. The number of nitrogens with zero attached hydrogens (tertiary/aromatic N) is 3. The summed E-state index contributed by atoms with van der Waals surface area (Å²) >= 11 is 1.69. The summed E-state index contributed by atoms with van der Waals surface area (Å²) in [6.45, 7) is 4.91. The van der Waals surface area contributed by atoms with Crippen molar-refractivity contribution in [2.24, 2.45) is 5.92 Å². The summed E-state index contributed by atoms with van der Waals surface area (Å²) in [7, 11) is 0. The van der Waals surface area contributed by atoms with Gasteiger partial charge in [-0.05, 0) is 69.5 Å². The molecule has 2 unspecified atom stereocenters. The smallest absolute Gasteiger partial charge is 0.266 e. The Balaban J connectivity index is 0.907. The van der Waals surface area contributed by atoms with Crippen LogP contribution >= 0.6 is 11.8 Å². The lowest BCUT2D eigenvalue weighted by atomic mass is 9.91. The molecule has 0 amide bonds. The SMILES string of the molecule is O=c1[nH]c(CSC2CCOCC2)nc2cc(OCC3CCN(C4CN(c5ccc(NC6CCCNC6)cc5)C4)CC3(F)F)cc(F)c12. The van der Waals surface area contributed by atoms with Crippen LogP contribution in [0.4, 0.5) is 24.5 Å². The number of hydrogen-bond donors (Lipinski definition) is 3. The first-order chi connectivity index (χ1) is 22.8. The molecule has 0 spiro atoms. The molecule has 4 fully saturated rings. The van der Waals surface area contributed by atoms with E-state index in [0.717, 1.165) is 49.8 Å². The van der Waals surface area contributed by atoms with E-state index >= 15 is 8.78 Å². The molecule has 0 radical (unpaired) electrons. The van der Waals surface area contributed by atoms with Crippen LogP contribution in [0.25, 0.3) is 10.9 Å². The van der Waals surface area contributed by atoms with Crippen molar-refractivity contribution in [2.75, 3.05) is 69.3 Å². The molecule has 0 saturated carbocycles. The Labute approximate surface area is 277 Å². The van der Waals surface area contributed by atoms with Crippen molar-refractivity contribution in [3.8, 4) is 5.75 Å². The number of fused-ring (bicyclic) bond motifs is 1. The number of hydrogen-bond acceptors (Lipinski definition) is 9. The van der Waals surface area contributed by atoms with Gasteiger partial charge in [0.2, 0.25) is 0 Å². The molecule has 3 aromatic rings. The third kappa shape index (κ3) is 7.68. The van der Waals surface area contributed by atoms with Gasteiger partial charge in [-0.3, -0.25) is 9.69 Å². The number of likely N-dealkylation sites (tertiary alicyclic amines) is 1. The van der Waals surface area contributed by atoms with E-state index < -0.39 is 23.2 Å². The number of H-pyrrole nitrogens is 1. The van der Waals surface area contributed by atoms with Crippen molar-refractivity contribution in [3.05, 3.63) is 58.4 Å². The number of halogens is 3. The molecule has 0 bridgehead atoms. The minimum Gasteiger partial charge on any atom is -0.493 e. The van der Waals surface area contributed by atoms with Crippen molar-refractivity contribution in [1.29, 1.82) is 0 Å². The second-order valence-corrected chi connectivity index (χ2v) is 14.5. The van der Waals surface area contributed by atoms with Crippen molar-refractivity contribution in [2.45, 2.75) is 61.1 Å². The average molecular weight is 673 g/mol. The molecular weight excluding hydrogens is 629 g/mol. The number of rotatable bonds is 10. The largest absolute Gasteiger partial charge is 0.493 e. The van der Waals surface area contributed by atoms with Crippen LogP contribution in [-0.4, -0.2) is 97.2 Å². The van der Waals surface area contributed by atoms with E-state index in [0.29, 0.717) is 55.7 Å². The van der Waals surface area contributed by atoms with E-state index in [1.54, 1.807) is 11.8 Å². The monoisotopic (exact) mass is 672 g/mol.